The van der Waals surface area contributed by atoms with Crippen LogP contribution in [0.3, 0.4) is 0 Å². The molecule has 0 saturated carbocycles. The number of aryl methyl sites for hydroxylation is 1. The summed E-state index contributed by atoms with van der Waals surface area (Å²) in [6.07, 6.45) is 2.40. The van der Waals surface area contributed by atoms with E-state index in [-0.39, 0.29) is 11.9 Å². The smallest absolute Gasteiger partial charge is 0.220 e. The van der Waals surface area contributed by atoms with Gasteiger partial charge in [-0.1, -0.05) is 35.9 Å². The van der Waals surface area contributed by atoms with Crippen LogP contribution in [0.1, 0.15) is 30.8 Å². The van der Waals surface area contributed by atoms with E-state index < -0.39 is 0 Å². The molecule has 1 amide bonds. The molecule has 2 aromatic carbocycles. The molecule has 1 aromatic heterocycles. The Balaban J connectivity index is 1.54. The van der Waals surface area contributed by atoms with E-state index in [1.54, 1.807) is 13.3 Å². The number of nitrogens with one attached hydrogen (secondary N) is 1. The first-order valence-electron chi connectivity index (χ1n) is 8.69. The van der Waals surface area contributed by atoms with Gasteiger partial charge < -0.3 is 14.5 Å². The summed E-state index contributed by atoms with van der Waals surface area (Å²) in [7, 11) is 1.62. The average molecular weight is 385 g/mol. The number of amides is 1. The summed E-state index contributed by atoms with van der Waals surface area (Å²) in [6, 6.07) is 14.9. The number of nitrogens with zero attached hydrogens (tertiary/aromatic N) is 1. The minimum atomic E-state index is -0.0910. The van der Waals surface area contributed by atoms with Crippen LogP contribution < -0.4 is 10.1 Å². The van der Waals surface area contributed by atoms with Crippen LogP contribution in [0.15, 0.2) is 59.1 Å². The lowest BCUT2D eigenvalue weighted by molar-refractivity contribution is -0.121. The molecule has 140 valence electrons. The van der Waals surface area contributed by atoms with Crippen molar-refractivity contribution in [1.29, 1.82) is 0 Å². The standard InChI is InChI=1S/C21H21ClN2O3/c1-14(15-6-8-17(22)9-7-15)24-20(25)10-11-21-23-13-19(27-21)16-4-3-5-18(12-16)26-2/h3-9,12-14H,10-11H2,1-2H3,(H,24,25). The lowest BCUT2D eigenvalue weighted by Crippen LogP contribution is -2.26. The van der Waals surface area contributed by atoms with Crippen LogP contribution in [0.5, 0.6) is 5.75 Å². The van der Waals surface area contributed by atoms with Crippen molar-refractivity contribution in [1.82, 2.24) is 10.3 Å². The quantitative estimate of drug-likeness (QED) is 0.634. The van der Waals surface area contributed by atoms with Gasteiger partial charge in [0.2, 0.25) is 5.91 Å². The molecule has 0 aliphatic heterocycles. The molecule has 0 bridgehead atoms. The van der Waals surface area contributed by atoms with Crippen LogP contribution in [-0.4, -0.2) is 18.0 Å². The molecule has 0 aliphatic rings. The summed E-state index contributed by atoms with van der Waals surface area (Å²) in [4.78, 5) is 16.5. The molecule has 1 atom stereocenters. The number of oxazole rings is 1. The Kier molecular flexibility index (Phi) is 6.14. The second-order valence-corrected chi connectivity index (χ2v) is 6.63. The molecule has 3 rings (SSSR count). The fourth-order valence-corrected chi connectivity index (χ4v) is 2.83. The van der Waals surface area contributed by atoms with Gasteiger partial charge in [0, 0.05) is 23.4 Å². The number of aromatic nitrogens is 1. The van der Waals surface area contributed by atoms with Crippen molar-refractivity contribution in [3.8, 4) is 17.1 Å². The molecule has 5 nitrogen and oxygen atoms in total. The van der Waals surface area contributed by atoms with Gasteiger partial charge in [-0.15, -0.1) is 0 Å². The molecule has 27 heavy (non-hydrogen) atoms. The molecule has 0 fully saturated rings. The number of rotatable bonds is 7. The zero-order valence-electron chi connectivity index (χ0n) is 15.2. The van der Waals surface area contributed by atoms with E-state index in [2.05, 4.69) is 10.3 Å². The molecule has 0 saturated heterocycles. The lowest BCUT2D eigenvalue weighted by atomic mass is 10.1. The number of methoxy groups -OCH3 is 1. The number of hydrogen-bond donors (Lipinski definition) is 1. The Morgan fingerprint density at radius 3 is 2.78 bits per heavy atom. The fraction of sp³-hybridized carbons (Fsp3) is 0.238. The van der Waals surface area contributed by atoms with Gasteiger partial charge in [0.25, 0.3) is 0 Å². The van der Waals surface area contributed by atoms with Crippen molar-refractivity contribution < 1.29 is 13.9 Å². The minimum absolute atomic E-state index is 0.0569. The molecule has 0 aliphatic carbocycles. The summed E-state index contributed by atoms with van der Waals surface area (Å²) in [5.74, 6) is 1.88. The van der Waals surface area contributed by atoms with Crippen LogP contribution in [-0.2, 0) is 11.2 Å². The zero-order chi connectivity index (χ0) is 19.2. The van der Waals surface area contributed by atoms with Crippen molar-refractivity contribution in [2.45, 2.75) is 25.8 Å². The van der Waals surface area contributed by atoms with Gasteiger partial charge in [0.05, 0.1) is 19.3 Å². The predicted octanol–water partition coefficient (Wildman–Crippen LogP) is 4.81. The summed E-state index contributed by atoms with van der Waals surface area (Å²) in [6.45, 7) is 1.94. The van der Waals surface area contributed by atoms with Crippen molar-refractivity contribution in [3.63, 3.8) is 0 Å². The topological polar surface area (TPSA) is 64.4 Å². The number of ether oxygens (including phenoxy) is 1. The normalized spacial score (nSPS) is 11.8. The van der Waals surface area contributed by atoms with E-state index in [0.717, 1.165) is 16.9 Å². The van der Waals surface area contributed by atoms with Crippen LogP contribution in [0.4, 0.5) is 0 Å². The fourth-order valence-electron chi connectivity index (χ4n) is 2.70. The maximum Gasteiger partial charge on any atom is 0.220 e. The van der Waals surface area contributed by atoms with Crippen molar-refractivity contribution in [2.75, 3.05) is 7.11 Å². The maximum absolute atomic E-state index is 12.2. The van der Waals surface area contributed by atoms with Gasteiger partial charge in [-0.2, -0.15) is 0 Å². The number of carbonyl (C=O) groups is 1. The predicted molar refractivity (Wildman–Crippen MR) is 105 cm³/mol. The molecule has 0 radical (unpaired) electrons. The van der Waals surface area contributed by atoms with Crippen LogP contribution >= 0.6 is 11.6 Å². The third-order valence-corrected chi connectivity index (χ3v) is 4.47. The van der Waals surface area contributed by atoms with E-state index >= 15 is 0 Å². The van der Waals surface area contributed by atoms with Gasteiger partial charge in [0.15, 0.2) is 11.7 Å². The average Bonchev–Trinajstić information content (AvgIpc) is 3.16. The number of hydrogen-bond acceptors (Lipinski definition) is 4. The Bertz CT molecular complexity index is 906. The van der Waals surface area contributed by atoms with Gasteiger partial charge >= 0.3 is 0 Å². The van der Waals surface area contributed by atoms with Gasteiger partial charge in [-0.05, 0) is 36.8 Å². The SMILES string of the molecule is COc1cccc(-c2cnc(CCC(=O)NC(C)c3ccc(Cl)cc3)o2)c1. The highest BCUT2D eigenvalue weighted by Crippen LogP contribution is 2.24. The van der Waals surface area contributed by atoms with E-state index in [1.165, 1.54) is 0 Å². The Morgan fingerprint density at radius 1 is 1.26 bits per heavy atom. The Labute approximate surface area is 163 Å². The van der Waals surface area contributed by atoms with Crippen LogP contribution in [0.2, 0.25) is 5.02 Å². The number of halogens is 1. The van der Waals surface area contributed by atoms with E-state index in [9.17, 15) is 4.79 Å². The molecule has 3 aromatic rings. The molecule has 6 heteroatoms. The highest BCUT2D eigenvalue weighted by molar-refractivity contribution is 6.30. The van der Waals surface area contributed by atoms with Gasteiger partial charge in [-0.25, -0.2) is 4.98 Å². The summed E-state index contributed by atoms with van der Waals surface area (Å²) in [5.41, 5.74) is 1.89. The van der Waals surface area contributed by atoms with Crippen LogP contribution in [0, 0.1) is 0 Å². The van der Waals surface area contributed by atoms with Gasteiger partial charge in [0.1, 0.15) is 5.75 Å². The maximum atomic E-state index is 12.2. The Morgan fingerprint density at radius 2 is 2.04 bits per heavy atom. The molecule has 1 N–H and O–H groups in total. The summed E-state index contributed by atoms with van der Waals surface area (Å²) in [5, 5.41) is 3.65. The van der Waals surface area contributed by atoms with E-state index in [4.69, 9.17) is 20.8 Å². The first kappa shape index (κ1) is 19.0. The summed E-state index contributed by atoms with van der Waals surface area (Å²) < 4.78 is 11.0. The Hall–Kier alpha value is -2.79. The molecule has 1 heterocycles. The van der Waals surface area contributed by atoms with Crippen molar-refractivity contribution >= 4 is 17.5 Å². The van der Waals surface area contributed by atoms with E-state index in [1.807, 2.05) is 55.5 Å². The van der Waals surface area contributed by atoms with Crippen molar-refractivity contribution in [3.05, 3.63) is 71.2 Å². The van der Waals surface area contributed by atoms with Gasteiger partial charge in [-0.3, -0.25) is 4.79 Å². The first-order chi connectivity index (χ1) is 13.0. The first-order valence-corrected chi connectivity index (χ1v) is 9.07. The number of carbonyl (C=O) groups excluding carboxylic acids is 1. The molecular formula is C21H21ClN2O3. The second-order valence-electron chi connectivity index (χ2n) is 6.19. The monoisotopic (exact) mass is 384 g/mol. The molecular weight excluding hydrogens is 364 g/mol. The highest BCUT2D eigenvalue weighted by atomic mass is 35.5. The largest absolute Gasteiger partial charge is 0.497 e. The lowest BCUT2D eigenvalue weighted by Gasteiger charge is -2.14. The van der Waals surface area contributed by atoms with Crippen molar-refractivity contribution in [2.24, 2.45) is 0 Å². The number of benzene rings is 2. The zero-order valence-corrected chi connectivity index (χ0v) is 16.0. The molecule has 0 spiro atoms. The van der Waals surface area contributed by atoms with Crippen LogP contribution in [0.25, 0.3) is 11.3 Å². The third-order valence-electron chi connectivity index (χ3n) is 4.22. The van der Waals surface area contributed by atoms with E-state index in [0.29, 0.717) is 29.5 Å². The third kappa shape index (κ3) is 5.11. The second kappa shape index (κ2) is 8.73. The molecule has 1 unspecified atom stereocenters. The minimum Gasteiger partial charge on any atom is -0.497 e. The highest BCUT2D eigenvalue weighted by Gasteiger charge is 2.12. The summed E-state index contributed by atoms with van der Waals surface area (Å²) >= 11 is 5.89.